The van der Waals surface area contributed by atoms with Crippen LogP contribution in [0, 0.1) is 11.8 Å². The summed E-state index contributed by atoms with van der Waals surface area (Å²) in [7, 11) is 2.06. The van der Waals surface area contributed by atoms with E-state index in [1.54, 1.807) is 0 Å². The van der Waals surface area contributed by atoms with Crippen molar-refractivity contribution in [1.29, 1.82) is 0 Å². The zero-order valence-corrected chi connectivity index (χ0v) is 13.5. The molecule has 0 spiro atoms. The predicted molar refractivity (Wildman–Crippen MR) is 87.3 cm³/mol. The van der Waals surface area contributed by atoms with Crippen molar-refractivity contribution in [3.63, 3.8) is 0 Å². The molecule has 1 aromatic rings. The van der Waals surface area contributed by atoms with Crippen LogP contribution in [0.3, 0.4) is 0 Å². The Morgan fingerprint density at radius 3 is 2.64 bits per heavy atom. The molecule has 2 atom stereocenters. The van der Waals surface area contributed by atoms with Crippen molar-refractivity contribution in [2.45, 2.75) is 51.2 Å². The molecule has 1 aromatic carbocycles. The average Bonchev–Trinajstić information content (AvgIpc) is 3.16. The van der Waals surface area contributed by atoms with Crippen molar-refractivity contribution in [2.75, 3.05) is 13.6 Å². The lowest BCUT2D eigenvalue weighted by atomic mass is 9.91. The fourth-order valence-corrected chi connectivity index (χ4v) is 4.09. The third-order valence-corrected chi connectivity index (χ3v) is 5.27. The van der Waals surface area contributed by atoms with E-state index in [0.717, 1.165) is 24.4 Å². The lowest BCUT2D eigenvalue weighted by Gasteiger charge is -2.17. The standard InChI is InChI=1S/C19H27NO2/c1-20-13-17(11-15-7-5-6-8-15)12-18(20)19(21)22-14-16-9-3-2-4-10-16/h2-4,9-10,15,17-18H,5-8,11-14H2,1H3/t17-,18+/m1/s1. The molecule has 0 unspecified atom stereocenters. The van der Waals surface area contributed by atoms with E-state index in [4.69, 9.17) is 4.74 Å². The number of hydrogen-bond donors (Lipinski definition) is 0. The van der Waals surface area contributed by atoms with Gasteiger partial charge in [-0.1, -0.05) is 56.0 Å². The molecule has 3 nitrogen and oxygen atoms in total. The lowest BCUT2D eigenvalue weighted by molar-refractivity contribution is -0.149. The third kappa shape index (κ3) is 3.89. The second-order valence-corrected chi connectivity index (χ2v) is 7.04. The summed E-state index contributed by atoms with van der Waals surface area (Å²) in [5, 5.41) is 0. The largest absolute Gasteiger partial charge is 0.460 e. The third-order valence-electron chi connectivity index (χ3n) is 5.27. The van der Waals surface area contributed by atoms with Crippen LogP contribution < -0.4 is 0 Å². The van der Waals surface area contributed by atoms with Gasteiger partial charge >= 0.3 is 5.97 Å². The Hall–Kier alpha value is -1.35. The number of likely N-dealkylation sites (N-methyl/N-ethyl adjacent to an activating group) is 1. The highest BCUT2D eigenvalue weighted by atomic mass is 16.5. The summed E-state index contributed by atoms with van der Waals surface area (Å²) < 4.78 is 5.52. The molecule has 0 radical (unpaired) electrons. The summed E-state index contributed by atoms with van der Waals surface area (Å²) >= 11 is 0. The number of esters is 1. The highest BCUT2D eigenvalue weighted by Gasteiger charge is 2.36. The molecule has 3 heteroatoms. The Bertz CT molecular complexity index is 481. The van der Waals surface area contributed by atoms with Crippen LogP contribution in [0.1, 0.15) is 44.1 Å². The molecule has 0 aromatic heterocycles. The van der Waals surface area contributed by atoms with Crippen molar-refractivity contribution in [3.8, 4) is 0 Å². The van der Waals surface area contributed by atoms with Crippen molar-refractivity contribution < 1.29 is 9.53 Å². The molecule has 1 aliphatic heterocycles. The Balaban J connectivity index is 1.47. The second-order valence-electron chi connectivity index (χ2n) is 7.04. The van der Waals surface area contributed by atoms with Crippen LogP contribution in [0.25, 0.3) is 0 Å². The Labute approximate surface area is 133 Å². The summed E-state index contributed by atoms with van der Waals surface area (Å²) in [6.07, 6.45) is 7.85. The molecule has 1 saturated heterocycles. The highest BCUT2D eigenvalue weighted by molar-refractivity contribution is 5.76. The minimum absolute atomic E-state index is 0.0462. The van der Waals surface area contributed by atoms with E-state index in [-0.39, 0.29) is 12.0 Å². The van der Waals surface area contributed by atoms with E-state index in [1.165, 1.54) is 32.1 Å². The van der Waals surface area contributed by atoms with Gasteiger partial charge < -0.3 is 4.74 Å². The number of carbonyl (C=O) groups is 1. The summed E-state index contributed by atoms with van der Waals surface area (Å²) in [4.78, 5) is 14.5. The van der Waals surface area contributed by atoms with E-state index < -0.39 is 0 Å². The van der Waals surface area contributed by atoms with Gasteiger partial charge in [0.1, 0.15) is 12.6 Å². The Morgan fingerprint density at radius 1 is 1.18 bits per heavy atom. The molecule has 22 heavy (non-hydrogen) atoms. The molecule has 120 valence electrons. The number of benzene rings is 1. The number of rotatable bonds is 5. The van der Waals surface area contributed by atoms with Crippen molar-refractivity contribution in [1.82, 2.24) is 4.90 Å². The van der Waals surface area contributed by atoms with E-state index in [9.17, 15) is 4.79 Å². The number of likely N-dealkylation sites (tertiary alicyclic amines) is 1. The fourth-order valence-electron chi connectivity index (χ4n) is 4.09. The molecule has 0 bridgehead atoms. The van der Waals surface area contributed by atoms with Gasteiger partial charge in [0.25, 0.3) is 0 Å². The Kier molecular flexibility index (Phi) is 5.14. The number of nitrogens with zero attached hydrogens (tertiary/aromatic N) is 1. The highest BCUT2D eigenvalue weighted by Crippen LogP contribution is 2.35. The predicted octanol–water partition coefficient (Wildman–Crippen LogP) is 3.63. The Morgan fingerprint density at radius 2 is 1.91 bits per heavy atom. The van der Waals surface area contributed by atoms with Gasteiger partial charge in [-0.15, -0.1) is 0 Å². The summed E-state index contributed by atoms with van der Waals surface area (Å²) in [6, 6.07) is 9.87. The maximum Gasteiger partial charge on any atom is 0.323 e. The summed E-state index contributed by atoms with van der Waals surface area (Å²) in [5.41, 5.74) is 1.05. The summed E-state index contributed by atoms with van der Waals surface area (Å²) in [5.74, 6) is 1.51. The maximum atomic E-state index is 12.3. The van der Waals surface area contributed by atoms with Gasteiger partial charge in [0.15, 0.2) is 0 Å². The van der Waals surface area contributed by atoms with Crippen LogP contribution in [0.4, 0.5) is 0 Å². The van der Waals surface area contributed by atoms with Crippen molar-refractivity contribution >= 4 is 5.97 Å². The lowest BCUT2D eigenvalue weighted by Crippen LogP contribution is -2.34. The molecule has 0 amide bonds. The molecule has 3 rings (SSSR count). The average molecular weight is 301 g/mol. The first-order valence-corrected chi connectivity index (χ1v) is 8.63. The molecular formula is C19H27NO2. The van der Waals surface area contributed by atoms with Crippen LogP contribution >= 0.6 is 0 Å². The van der Waals surface area contributed by atoms with Gasteiger partial charge in [0.05, 0.1) is 0 Å². The minimum atomic E-state index is -0.0553. The van der Waals surface area contributed by atoms with Gasteiger partial charge in [-0.3, -0.25) is 9.69 Å². The van der Waals surface area contributed by atoms with Crippen LogP contribution in [0.15, 0.2) is 30.3 Å². The fraction of sp³-hybridized carbons (Fsp3) is 0.632. The molecule has 1 aliphatic carbocycles. The van der Waals surface area contributed by atoms with E-state index in [2.05, 4.69) is 11.9 Å². The van der Waals surface area contributed by atoms with Gasteiger partial charge in [-0.05, 0) is 37.3 Å². The quantitative estimate of drug-likeness (QED) is 0.778. The van der Waals surface area contributed by atoms with Gasteiger partial charge in [0, 0.05) is 6.54 Å². The minimum Gasteiger partial charge on any atom is -0.460 e. The van der Waals surface area contributed by atoms with E-state index in [1.807, 2.05) is 30.3 Å². The summed E-state index contributed by atoms with van der Waals surface area (Å²) in [6.45, 7) is 1.43. The van der Waals surface area contributed by atoms with E-state index in [0.29, 0.717) is 12.5 Å². The topological polar surface area (TPSA) is 29.5 Å². The van der Waals surface area contributed by atoms with Crippen molar-refractivity contribution in [2.24, 2.45) is 11.8 Å². The molecule has 2 aliphatic rings. The normalized spacial score (nSPS) is 26.4. The van der Waals surface area contributed by atoms with Crippen LogP contribution in [-0.4, -0.2) is 30.5 Å². The number of ether oxygens (including phenoxy) is 1. The van der Waals surface area contributed by atoms with E-state index >= 15 is 0 Å². The smallest absolute Gasteiger partial charge is 0.323 e. The van der Waals surface area contributed by atoms with Gasteiger partial charge in [0.2, 0.25) is 0 Å². The zero-order valence-electron chi connectivity index (χ0n) is 13.5. The zero-order chi connectivity index (χ0) is 15.4. The molecule has 1 saturated carbocycles. The van der Waals surface area contributed by atoms with Crippen LogP contribution in [0.2, 0.25) is 0 Å². The van der Waals surface area contributed by atoms with Crippen molar-refractivity contribution in [3.05, 3.63) is 35.9 Å². The van der Waals surface area contributed by atoms with Gasteiger partial charge in [-0.25, -0.2) is 0 Å². The molecule has 2 fully saturated rings. The maximum absolute atomic E-state index is 12.3. The first-order chi connectivity index (χ1) is 10.7. The second kappa shape index (κ2) is 7.28. The molecule has 0 N–H and O–H groups in total. The molecular weight excluding hydrogens is 274 g/mol. The number of hydrogen-bond acceptors (Lipinski definition) is 3. The van der Waals surface area contributed by atoms with Crippen LogP contribution in [0.5, 0.6) is 0 Å². The SMILES string of the molecule is CN1C[C@H](CC2CCCC2)C[C@H]1C(=O)OCc1ccccc1. The van der Waals surface area contributed by atoms with Crippen LogP contribution in [-0.2, 0) is 16.1 Å². The number of carbonyl (C=O) groups excluding carboxylic acids is 1. The molecule has 1 heterocycles. The van der Waals surface area contributed by atoms with Gasteiger partial charge in [-0.2, -0.15) is 0 Å². The monoisotopic (exact) mass is 301 g/mol. The first kappa shape index (κ1) is 15.5. The first-order valence-electron chi connectivity index (χ1n) is 8.63.